The first kappa shape index (κ1) is 14.2. The van der Waals surface area contributed by atoms with Gasteiger partial charge in [-0.1, -0.05) is 12.1 Å². The lowest BCUT2D eigenvalue weighted by Gasteiger charge is -2.30. The number of nitrogens with zero attached hydrogens (tertiary/aromatic N) is 2. The fourth-order valence-electron chi connectivity index (χ4n) is 3.07. The van der Waals surface area contributed by atoms with Gasteiger partial charge in [-0.2, -0.15) is 0 Å². The van der Waals surface area contributed by atoms with E-state index in [9.17, 15) is 12.8 Å². The van der Waals surface area contributed by atoms with E-state index in [2.05, 4.69) is 9.97 Å². The molecule has 5 nitrogen and oxygen atoms in total. The van der Waals surface area contributed by atoms with E-state index in [1.54, 1.807) is 30.5 Å². The maximum atomic E-state index is 14.3. The Morgan fingerprint density at radius 1 is 1.22 bits per heavy atom. The monoisotopic (exact) mass is 331 g/mol. The van der Waals surface area contributed by atoms with Gasteiger partial charge in [0, 0.05) is 24.3 Å². The molecule has 0 amide bonds. The highest BCUT2D eigenvalue weighted by atomic mass is 32.2. The van der Waals surface area contributed by atoms with Crippen LogP contribution in [-0.4, -0.2) is 24.9 Å². The summed E-state index contributed by atoms with van der Waals surface area (Å²) in [5, 5.41) is 0.510. The predicted octanol–water partition coefficient (Wildman–Crippen LogP) is 2.84. The number of aryl methyl sites for hydroxylation is 1. The van der Waals surface area contributed by atoms with Gasteiger partial charge < -0.3 is 4.98 Å². The van der Waals surface area contributed by atoms with E-state index >= 15 is 0 Å². The standard InChI is InChI=1S/C16H14FN3O2S/c17-13-7-1-4-11-5-3-9-20(15(11)13)23(21,22)14-10-19-16-12(14)6-2-8-18-16/h1-2,4,6-8,10H,3,5,9H2,(H,18,19). The molecular formula is C16H14FN3O2S. The molecule has 3 heterocycles. The van der Waals surface area contributed by atoms with Crippen molar-refractivity contribution in [1.82, 2.24) is 9.97 Å². The van der Waals surface area contributed by atoms with Crippen LogP contribution < -0.4 is 4.31 Å². The Kier molecular flexibility index (Phi) is 3.12. The van der Waals surface area contributed by atoms with E-state index in [0.29, 0.717) is 23.9 Å². The number of pyridine rings is 1. The summed E-state index contributed by atoms with van der Waals surface area (Å²) in [4.78, 5) is 7.09. The average molecular weight is 331 g/mol. The molecule has 1 N–H and O–H groups in total. The van der Waals surface area contributed by atoms with Crippen molar-refractivity contribution in [3.05, 3.63) is 54.1 Å². The van der Waals surface area contributed by atoms with E-state index in [1.807, 2.05) is 0 Å². The molecule has 0 fully saturated rings. The van der Waals surface area contributed by atoms with E-state index in [-0.39, 0.29) is 17.1 Å². The molecule has 0 saturated carbocycles. The van der Waals surface area contributed by atoms with E-state index in [0.717, 1.165) is 5.56 Å². The van der Waals surface area contributed by atoms with Crippen LogP contribution in [0.3, 0.4) is 0 Å². The van der Waals surface area contributed by atoms with Gasteiger partial charge in [0.05, 0.1) is 5.69 Å². The first-order chi connectivity index (χ1) is 11.1. The van der Waals surface area contributed by atoms with Crippen molar-refractivity contribution in [2.24, 2.45) is 0 Å². The minimum Gasteiger partial charge on any atom is -0.345 e. The van der Waals surface area contributed by atoms with Crippen molar-refractivity contribution < 1.29 is 12.8 Å². The molecule has 0 aliphatic carbocycles. The third kappa shape index (κ3) is 2.11. The fourth-order valence-corrected chi connectivity index (χ4v) is 4.77. The SMILES string of the molecule is O=S(=O)(c1c[nH]c2ncccc12)N1CCCc2cccc(F)c21. The number of benzene rings is 1. The summed E-state index contributed by atoms with van der Waals surface area (Å²) < 4.78 is 41.6. The van der Waals surface area contributed by atoms with Crippen molar-refractivity contribution in [2.45, 2.75) is 17.7 Å². The molecule has 118 valence electrons. The highest BCUT2D eigenvalue weighted by Crippen LogP contribution is 2.35. The number of hydrogen-bond acceptors (Lipinski definition) is 3. The summed E-state index contributed by atoms with van der Waals surface area (Å²) >= 11 is 0. The van der Waals surface area contributed by atoms with Crippen molar-refractivity contribution >= 4 is 26.7 Å². The second kappa shape index (κ2) is 5.06. The van der Waals surface area contributed by atoms with Crippen LogP contribution in [-0.2, 0) is 16.4 Å². The lowest BCUT2D eigenvalue weighted by Crippen LogP contribution is -2.36. The molecule has 4 rings (SSSR count). The fraction of sp³-hybridized carbons (Fsp3) is 0.188. The topological polar surface area (TPSA) is 66.1 Å². The minimum atomic E-state index is -3.86. The number of rotatable bonds is 2. The van der Waals surface area contributed by atoms with E-state index in [1.165, 1.54) is 16.6 Å². The molecule has 0 atom stereocenters. The zero-order valence-electron chi connectivity index (χ0n) is 12.2. The van der Waals surface area contributed by atoms with Gasteiger partial charge in [-0.25, -0.2) is 17.8 Å². The molecule has 0 saturated heterocycles. The number of H-pyrrole nitrogens is 1. The number of aromatic amines is 1. The predicted molar refractivity (Wildman–Crippen MR) is 85.3 cm³/mol. The summed E-state index contributed by atoms with van der Waals surface area (Å²) in [6.07, 6.45) is 4.35. The second-order valence-corrected chi connectivity index (χ2v) is 7.31. The van der Waals surface area contributed by atoms with Crippen LogP contribution in [0.2, 0.25) is 0 Å². The molecule has 0 unspecified atom stereocenters. The zero-order valence-corrected chi connectivity index (χ0v) is 13.0. The van der Waals surface area contributed by atoms with Crippen LogP contribution in [0.5, 0.6) is 0 Å². The van der Waals surface area contributed by atoms with Crippen molar-refractivity contribution in [1.29, 1.82) is 0 Å². The molecular weight excluding hydrogens is 317 g/mol. The number of fused-ring (bicyclic) bond motifs is 2. The van der Waals surface area contributed by atoms with Gasteiger partial charge in [-0.15, -0.1) is 0 Å². The summed E-state index contributed by atoms with van der Waals surface area (Å²) in [6.45, 7) is 0.267. The number of aromatic nitrogens is 2. The number of halogens is 1. The molecule has 1 aromatic carbocycles. The lowest BCUT2D eigenvalue weighted by molar-refractivity contribution is 0.578. The van der Waals surface area contributed by atoms with Gasteiger partial charge in [0.25, 0.3) is 10.0 Å². The molecule has 3 aromatic rings. The smallest absolute Gasteiger partial charge is 0.266 e. The van der Waals surface area contributed by atoms with Crippen LogP contribution in [0.15, 0.2) is 47.6 Å². The molecule has 0 spiro atoms. The third-order valence-electron chi connectivity index (χ3n) is 4.11. The first-order valence-electron chi connectivity index (χ1n) is 7.31. The first-order valence-corrected chi connectivity index (χ1v) is 8.75. The highest BCUT2D eigenvalue weighted by Gasteiger charge is 2.33. The van der Waals surface area contributed by atoms with Crippen LogP contribution >= 0.6 is 0 Å². The van der Waals surface area contributed by atoms with E-state index in [4.69, 9.17) is 0 Å². The van der Waals surface area contributed by atoms with Crippen LogP contribution in [0.4, 0.5) is 10.1 Å². The Labute approximate surface area is 132 Å². The number of sulfonamides is 1. The maximum absolute atomic E-state index is 14.3. The molecule has 0 bridgehead atoms. The third-order valence-corrected chi connectivity index (χ3v) is 5.95. The largest absolute Gasteiger partial charge is 0.345 e. The molecule has 1 aliphatic heterocycles. The van der Waals surface area contributed by atoms with Crippen molar-refractivity contribution in [3.8, 4) is 0 Å². The second-order valence-electron chi connectivity index (χ2n) is 5.48. The quantitative estimate of drug-likeness (QED) is 0.785. The maximum Gasteiger partial charge on any atom is 0.266 e. The van der Waals surface area contributed by atoms with Crippen molar-refractivity contribution in [3.63, 3.8) is 0 Å². The molecule has 2 aromatic heterocycles. The molecule has 23 heavy (non-hydrogen) atoms. The van der Waals surface area contributed by atoms with Gasteiger partial charge >= 0.3 is 0 Å². The molecule has 0 radical (unpaired) electrons. The van der Waals surface area contributed by atoms with Crippen LogP contribution in [0.25, 0.3) is 11.0 Å². The Balaban J connectivity index is 1.91. The van der Waals surface area contributed by atoms with Gasteiger partial charge in [0.1, 0.15) is 16.4 Å². The van der Waals surface area contributed by atoms with Crippen molar-refractivity contribution in [2.75, 3.05) is 10.8 Å². The highest BCUT2D eigenvalue weighted by molar-refractivity contribution is 7.93. The summed E-state index contributed by atoms with van der Waals surface area (Å²) in [6, 6.07) is 8.05. The number of para-hydroxylation sites is 1. The summed E-state index contributed by atoms with van der Waals surface area (Å²) in [5.41, 5.74) is 1.38. The average Bonchev–Trinajstić information content (AvgIpc) is 2.99. The summed E-state index contributed by atoms with van der Waals surface area (Å²) in [5.74, 6) is -0.510. The van der Waals surface area contributed by atoms with E-state index < -0.39 is 15.8 Å². The number of nitrogens with one attached hydrogen (secondary N) is 1. The minimum absolute atomic E-state index is 0.122. The Bertz CT molecular complexity index is 997. The van der Waals surface area contributed by atoms with Gasteiger partial charge in [0.2, 0.25) is 0 Å². The molecule has 7 heteroatoms. The molecule has 1 aliphatic rings. The lowest BCUT2D eigenvalue weighted by atomic mass is 10.0. The van der Waals surface area contributed by atoms with Crippen LogP contribution in [0, 0.1) is 5.82 Å². The number of hydrogen-bond donors (Lipinski definition) is 1. The van der Waals surface area contributed by atoms with Gasteiger partial charge in [-0.05, 0) is 36.6 Å². The summed E-state index contributed by atoms with van der Waals surface area (Å²) in [7, 11) is -3.86. The normalized spacial score (nSPS) is 14.9. The van der Waals surface area contributed by atoms with Gasteiger partial charge in [-0.3, -0.25) is 4.31 Å². The Hall–Kier alpha value is -2.41. The van der Waals surface area contributed by atoms with Crippen LogP contribution in [0.1, 0.15) is 12.0 Å². The Morgan fingerprint density at radius 3 is 2.96 bits per heavy atom. The van der Waals surface area contributed by atoms with Gasteiger partial charge in [0.15, 0.2) is 0 Å². The zero-order chi connectivity index (χ0) is 16.0. The number of anilines is 1. The Morgan fingerprint density at radius 2 is 2.09 bits per heavy atom.